The van der Waals surface area contributed by atoms with Crippen LogP contribution < -0.4 is 4.74 Å². The monoisotopic (exact) mass is 293 g/mol. The summed E-state index contributed by atoms with van der Waals surface area (Å²) in [6, 6.07) is 5.57. The van der Waals surface area contributed by atoms with Crippen molar-refractivity contribution < 1.29 is 14.6 Å². The van der Waals surface area contributed by atoms with Crippen LogP contribution in [0.5, 0.6) is 11.5 Å². The molecule has 0 bridgehead atoms. The third-order valence-electron chi connectivity index (χ3n) is 3.76. The summed E-state index contributed by atoms with van der Waals surface area (Å²) in [7, 11) is 2.07. The average Bonchev–Trinajstić information content (AvgIpc) is 2.48. The first-order valence-corrected chi connectivity index (χ1v) is 7.94. The molecular formula is C17H27NO3. The summed E-state index contributed by atoms with van der Waals surface area (Å²) >= 11 is 0. The van der Waals surface area contributed by atoms with E-state index in [9.17, 15) is 5.11 Å². The molecule has 1 aromatic carbocycles. The molecule has 0 aliphatic carbocycles. The van der Waals surface area contributed by atoms with E-state index in [4.69, 9.17) is 9.47 Å². The SMILES string of the molecule is CCCOc1ccc(CN(C)CC2CCCCO2)c(O)c1. The van der Waals surface area contributed by atoms with Crippen LogP contribution in [-0.4, -0.2) is 42.9 Å². The summed E-state index contributed by atoms with van der Waals surface area (Å²) < 4.78 is 11.3. The summed E-state index contributed by atoms with van der Waals surface area (Å²) in [5.41, 5.74) is 0.928. The van der Waals surface area contributed by atoms with Crippen LogP contribution in [0.25, 0.3) is 0 Å². The Morgan fingerprint density at radius 3 is 2.90 bits per heavy atom. The number of benzene rings is 1. The molecule has 1 fully saturated rings. The molecule has 1 aromatic rings. The van der Waals surface area contributed by atoms with Crippen LogP contribution in [0.2, 0.25) is 0 Å². The second-order valence-electron chi connectivity index (χ2n) is 5.82. The van der Waals surface area contributed by atoms with Gasteiger partial charge < -0.3 is 14.6 Å². The average molecular weight is 293 g/mol. The first-order valence-electron chi connectivity index (χ1n) is 7.94. The number of phenolic OH excluding ortho intramolecular Hbond substituents is 1. The minimum atomic E-state index is 0.306. The molecule has 2 rings (SSSR count). The molecule has 1 N–H and O–H groups in total. The van der Waals surface area contributed by atoms with Gasteiger partial charge in [0, 0.05) is 31.3 Å². The summed E-state index contributed by atoms with van der Waals surface area (Å²) in [5.74, 6) is 1.04. The lowest BCUT2D eigenvalue weighted by Gasteiger charge is -2.27. The Hall–Kier alpha value is -1.26. The second kappa shape index (κ2) is 8.25. The third kappa shape index (κ3) is 5.21. The molecule has 1 heterocycles. The summed E-state index contributed by atoms with van der Waals surface area (Å²) in [4.78, 5) is 2.21. The van der Waals surface area contributed by atoms with Gasteiger partial charge in [-0.05, 0) is 38.8 Å². The van der Waals surface area contributed by atoms with E-state index < -0.39 is 0 Å². The smallest absolute Gasteiger partial charge is 0.123 e. The van der Waals surface area contributed by atoms with Gasteiger partial charge in [-0.2, -0.15) is 0 Å². The van der Waals surface area contributed by atoms with Crippen molar-refractivity contribution in [1.82, 2.24) is 4.90 Å². The molecule has 0 saturated carbocycles. The minimum Gasteiger partial charge on any atom is -0.507 e. The first-order chi connectivity index (χ1) is 10.2. The normalized spacial score (nSPS) is 18.9. The standard InChI is InChI=1S/C17H27NO3/c1-3-9-20-15-8-7-14(17(19)11-15)12-18(2)13-16-6-4-5-10-21-16/h7-8,11,16,19H,3-6,9-10,12-13H2,1-2H3. The van der Waals surface area contributed by atoms with Crippen molar-refractivity contribution in [3.8, 4) is 11.5 Å². The van der Waals surface area contributed by atoms with E-state index in [2.05, 4.69) is 18.9 Å². The molecule has 1 unspecified atom stereocenters. The van der Waals surface area contributed by atoms with Gasteiger partial charge in [-0.15, -0.1) is 0 Å². The maximum Gasteiger partial charge on any atom is 0.123 e. The lowest BCUT2D eigenvalue weighted by molar-refractivity contribution is -0.00268. The highest BCUT2D eigenvalue weighted by Crippen LogP contribution is 2.25. The van der Waals surface area contributed by atoms with Crippen LogP contribution in [0.15, 0.2) is 18.2 Å². The fraction of sp³-hybridized carbons (Fsp3) is 0.647. The predicted octanol–water partition coefficient (Wildman–Crippen LogP) is 3.18. The van der Waals surface area contributed by atoms with Gasteiger partial charge in [0.05, 0.1) is 12.7 Å². The zero-order chi connectivity index (χ0) is 15.1. The predicted molar refractivity (Wildman–Crippen MR) is 83.8 cm³/mol. The van der Waals surface area contributed by atoms with E-state index in [-0.39, 0.29) is 0 Å². The van der Waals surface area contributed by atoms with Gasteiger partial charge in [0.2, 0.25) is 0 Å². The van der Waals surface area contributed by atoms with Gasteiger partial charge in [0.25, 0.3) is 0 Å². The number of likely N-dealkylation sites (N-methyl/N-ethyl adjacent to an activating group) is 1. The lowest BCUT2D eigenvalue weighted by Crippen LogP contribution is -2.33. The van der Waals surface area contributed by atoms with Crippen molar-refractivity contribution >= 4 is 0 Å². The second-order valence-corrected chi connectivity index (χ2v) is 5.82. The number of aromatic hydroxyl groups is 1. The Labute approximate surface area is 127 Å². The number of hydrogen-bond acceptors (Lipinski definition) is 4. The molecule has 0 radical (unpaired) electrons. The fourth-order valence-electron chi connectivity index (χ4n) is 2.64. The maximum atomic E-state index is 10.1. The van der Waals surface area contributed by atoms with Gasteiger partial charge in [-0.3, -0.25) is 4.90 Å². The molecule has 4 nitrogen and oxygen atoms in total. The molecule has 1 aliphatic rings. The van der Waals surface area contributed by atoms with Crippen molar-refractivity contribution in [3.63, 3.8) is 0 Å². The fourth-order valence-corrected chi connectivity index (χ4v) is 2.64. The van der Waals surface area contributed by atoms with Gasteiger partial charge in [0.1, 0.15) is 11.5 Å². The Bertz CT molecular complexity index is 430. The third-order valence-corrected chi connectivity index (χ3v) is 3.76. The molecule has 0 spiro atoms. The van der Waals surface area contributed by atoms with Crippen LogP contribution in [-0.2, 0) is 11.3 Å². The van der Waals surface area contributed by atoms with E-state index in [0.29, 0.717) is 18.5 Å². The number of hydrogen-bond donors (Lipinski definition) is 1. The van der Waals surface area contributed by atoms with E-state index in [1.165, 1.54) is 12.8 Å². The van der Waals surface area contributed by atoms with Gasteiger partial charge >= 0.3 is 0 Å². The van der Waals surface area contributed by atoms with Gasteiger partial charge in [-0.1, -0.05) is 13.0 Å². The quantitative estimate of drug-likeness (QED) is 0.838. The zero-order valence-electron chi connectivity index (χ0n) is 13.2. The summed E-state index contributed by atoms with van der Waals surface area (Å²) in [6.07, 6.45) is 4.87. The lowest BCUT2D eigenvalue weighted by atomic mass is 10.1. The molecular weight excluding hydrogens is 266 g/mol. The van der Waals surface area contributed by atoms with Crippen molar-refractivity contribution in [3.05, 3.63) is 23.8 Å². The number of ether oxygens (including phenoxy) is 2. The Morgan fingerprint density at radius 1 is 1.38 bits per heavy atom. The Kier molecular flexibility index (Phi) is 6.33. The molecule has 118 valence electrons. The summed E-state index contributed by atoms with van der Waals surface area (Å²) in [5, 5.41) is 10.1. The van der Waals surface area contributed by atoms with Gasteiger partial charge in [-0.25, -0.2) is 0 Å². The van der Waals surface area contributed by atoms with Crippen molar-refractivity contribution in [2.75, 3.05) is 26.8 Å². The van der Waals surface area contributed by atoms with E-state index in [1.54, 1.807) is 6.07 Å². The number of nitrogens with zero attached hydrogens (tertiary/aromatic N) is 1. The molecule has 1 saturated heterocycles. The zero-order valence-corrected chi connectivity index (χ0v) is 13.2. The van der Waals surface area contributed by atoms with Crippen LogP contribution in [0.1, 0.15) is 38.2 Å². The van der Waals surface area contributed by atoms with Crippen LogP contribution in [0, 0.1) is 0 Å². The minimum absolute atomic E-state index is 0.306. The number of phenols is 1. The number of rotatable bonds is 7. The highest BCUT2D eigenvalue weighted by molar-refractivity contribution is 5.39. The molecule has 21 heavy (non-hydrogen) atoms. The highest BCUT2D eigenvalue weighted by Gasteiger charge is 2.16. The molecule has 0 amide bonds. The Morgan fingerprint density at radius 2 is 2.24 bits per heavy atom. The van der Waals surface area contributed by atoms with E-state index in [1.807, 2.05) is 12.1 Å². The van der Waals surface area contributed by atoms with E-state index >= 15 is 0 Å². The molecule has 0 aromatic heterocycles. The highest BCUT2D eigenvalue weighted by atomic mass is 16.5. The largest absolute Gasteiger partial charge is 0.507 e. The van der Waals surface area contributed by atoms with Crippen molar-refractivity contribution in [1.29, 1.82) is 0 Å². The topological polar surface area (TPSA) is 41.9 Å². The molecule has 1 aliphatic heterocycles. The van der Waals surface area contributed by atoms with Crippen LogP contribution in [0.3, 0.4) is 0 Å². The van der Waals surface area contributed by atoms with Crippen LogP contribution in [0.4, 0.5) is 0 Å². The van der Waals surface area contributed by atoms with Gasteiger partial charge in [0.15, 0.2) is 0 Å². The van der Waals surface area contributed by atoms with Crippen molar-refractivity contribution in [2.24, 2.45) is 0 Å². The summed E-state index contributed by atoms with van der Waals surface area (Å²) in [6.45, 7) is 5.26. The Balaban J connectivity index is 1.86. The maximum absolute atomic E-state index is 10.1. The van der Waals surface area contributed by atoms with Crippen molar-refractivity contribution in [2.45, 2.75) is 45.3 Å². The van der Waals surface area contributed by atoms with E-state index in [0.717, 1.165) is 43.9 Å². The molecule has 4 heteroatoms. The van der Waals surface area contributed by atoms with Crippen LogP contribution >= 0.6 is 0 Å². The first kappa shape index (κ1) is 16.1. The molecule has 1 atom stereocenters.